The van der Waals surface area contributed by atoms with Gasteiger partial charge in [-0.2, -0.15) is 0 Å². The van der Waals surface area contributed by atoms with Gasteiger partial charge >= 0.3 is 0 Å². The lowest BCUT2D eigenvalue weighted by Gasteiger charge is -2.21. The highest BCUT2D eigenvalue weighted by atomic mass is 79.9. The molecular formula is C12H18BrNO2. The van der Waals surface area contributed by atoms with E-state index < -0.39 is 0 Å². The molecular weight excluding hydrogens is 270 g/mol. The van der Waals surface area contributed by atoms with Crippen molar-refractivity contribution < 1.29 is 10.2 Å². The van der Waals surface area contributed by atoms with Gasteiger partial charge in [-0.3, -0.25) is 4.90 Å². The Morgan fingerprint density at radius 2 is 2.06 bits per heavy atom. The molecule has 0 saturated heterocycles. The number of phenolic OH excluding ortho intramolecular Hbond substituents is 1. The molecule has 0 amide bonds. The van der Waals surface area contributed by atoms with E-state index in [2.05, 4.69) is 27.8 Å². The Morgan fingerprint density at radius 3 is 2.69 bits per heavy atom. The minimum atomic E-state index is 0.163. The Balaban J connectivity index is 2.71. The van der Waals surface area contributed by atoms with Crippen LogP contribution in [-0.2, 0) is 6.54 Å². The van der Waals surface area contributed by atoms with Gasteiger partial charge in [0.2, 0.25) is 0 Å². The minimum Gasteiger partial charge on any atom is -0.508 e. The van der Waals surface area contributed by atoms with Crippen molar-refractivity contribution >= 4 is 15.9 Å². The van der Waals surface area contributed by atoms with Crippen molar-refractivity contribution in [1.82, 2.24) is 4.90 Å². The Labute approximate surface area is 105 Å². The first-order chi connectivity index (χ1) is 7.67. The van der Waals surface area contributed by atoms with Gasteiger partial charge in [-0.05, 0) is 36.7 Å². The first kappa shape index (κ1) is 13.5. The standard InChI is InChI=1S/C12H18BrNO2/c1-2-5-14(6-7-15)9-10-8-11(16)3-4-12(10)13/h3-4,8,15-16H,2,5-7,9H2,1H3. The molecule has 1 rings (SSSR count). The summed E-state index contributed by atoms with van der Waals surface area (Å²) in [5.74, 6) is 0.277. The molecule has 1 aromatic carbocycles. The van der Waals surface area contributed by atoms with E-state index >= 15 is 0 Å². The summed E-state index contributed by atoms with van der Waals surface area (Å²) in [6.07, 6.45) is 1.05. The smallest absolute Gasteiger partial charge is 0.115 e. The number of hydrogen-bond acceptors (Lipinski definition) is 3. The predicted molar refractivity (Wildman–Crippen MR) is 68.5 cm³/mol. The maximum Gasteiger partial charge on any atom is 0.115 e. The van der Waals surface area contributed by atoms with Gasteiger partial charge in [-0.25, -0.2) is 0 Å². The average Bonchev–Trinajstić information content (AvgIpc) is 2.24. The normalized spacial score (nSPS) is 11.0. The van der Waals surface area contributed by atoms with Crippen LogP contribution in [0.4, 0.5) is 0 Å². The predicted octanol–water partition coefficient (Wildman–Crippen LogP) is 2.36. The Kier molecular flexibility index (Phi) is 5.80. The lowest BCUT2D eigenvalue weighted by atomic mass is 10.2. The van der Waals surface area contributed by atoms with E-state index in [4.69, 9.17) is 5.11 Å². The second-order valence-corrected chi connectivity index (χ2v) is 4.63. The van der Waals surface area contributed by atoms with Crippen LogP contribution in [0.5, 0.6) is 5.75 Å². The molecule has 0 bridgehead atoms. The fraction of sp³-hybridized carbons (Fsp3) is 0.500. The maximum atomic E-state index is 9.42. The molecule has 0 heterocycles. The van der Waals surface area contributed by atoms with E-state index in [1.54, 1.807) is 12.1 Å². The summed E-state index contributed by atoms with van der Waals surface area (Å²) in [6, 6.07) is 5.25. The van der Waals surface area contributed by atoms with Crippen molar-refractivity contribution in [3.63, 3.8) is 0 Å². The molecule has 16 heavy (non-hydrogen) atoms. The molecule has 0 spiro atoms. The van der Waals surface area contributed by atoms with Gasteiger partial charge in [-0.1, -0.05) is 22.9 Å². The molecule has 1 aromatic rings. The van der Waals surface area contributed by atoms with Crippen LogP contribution in [0.2, 0.25) is 0 Å². The summed E-state index contributed by atoms with van der Waals surface area (Å²) in [6.45, 7) is 4.63. The van der Waals surface area contributed by atoms with Crippen molar-refractivity contribution in [1.29, 1.82) is 0 Å². The molecule has 90 valence electrons. The van der Waals surface area contributed by atoms with E-state index in [0.717, 1.165) is 29.5 Å². The molecule has 0 aliphatic heterocycles. The fourth-order valence-electron chi connectivity index (χ4n) is 1.65. The number of hydrogen-bond donors (Lipinski definition) is 2. The summed E-state index contributed by atoms with van der Waals surface area (Å²) in [5, 5.41) is 18.4. The van der Waals surface area contributed by atoms with Crippen LogP contribution in [0, 0.1) is 0 Å². The zero-order chi connectivity index (χ0) is 12.0. The summed E-state index contributed by atoms with van der Waals surface area (Å²) in [7, 11) is 0. The minimum absolute atomic E-state index is 0.163. The van der Waals surface area contributed by atoms with E-state index in [9.17, 15) is 5.11 Å². The van der Waals surface area contributed by atoms with Crippen molar-refractivity contribution in [3.05, 3.63) is 28.2 Å². The van der Waals surface area contributed by atoms with E-state index in [1.165, 1.54) is 0 Å². The van der Waals surface area contributed by atoms with Crippen LogP contribution >= 0.6 is 15.9 Å². The highest BCUT2D eigenvalue weighted by Crippen LogP contribution is 2.23. The maximum absolute atomic E-state index is 9.42. The topological polar surface area (TPSA) is 43.7 Å². The highest BCUT2D eigenvalue weighted by Gasteiger charge is 2.07. The van der Waals surface area contributed by atoms with Gasteiger partial charge in [0.15, 0.2) is 0 Å². The van der Waals surface area contributed by atoms with Crippen LogP contribution in [0.1, 0.15) is 18.9 Å². The largest absolute Gasteiger partial charge is 0.508 e. The Morgan fingerprint density at radius 1 is 1.31 bits per heavy atom. The number of rotatable bonds is 6. The molecule has 3 nitrogen and oxygen atoms in total. The highest BCUT2D eigenvalue weighted by molar-refractivity contribution is 9.10. The zero-order valence-corrected chi connectivity index (χ0v) is 11.1. The number of halogens is 1. The van der Waals surface area contributed by atoms with Crippen LogP contribution in [-0.4, -0.2) is 34.8 Å². The van der Waals surface area contributed by atoms with Crippen LogP contribution in [0.3, 0.4) is 0 Å². The number of phenols is 1. The van der Waals surface area contributed by atoms with Gasteiger partial charge in [0, 0.05) is 17.6 Å². The molecule has 0 aliphatic carbocycles. The Hall–Kier alpha value is -0.580. The monoisotopic (exact) mass is 287 g/mol. The number of aromatic hydroxyl groups is 1. The molecule has 0 aliphatic rings. The lowest BCUT2D eigenvalue weighted by Crippen LogP contribution is -2.27. The summed E-state index contributed by atoms with van der Waals surface area (Å²) < 4.78 is 0.990. The molecule has 0 fully saturated rings. The van der Waals surface area contributed by atoms with Gasteiger partial charge in [-0.15, -0.1) is 0 Å². The summed E-state index contributed by atoms with van der Waals surface area (Å²) >= 11 is 3.46. The third-order valence-electron chi connectivity index (χ3n) is 2.38. The van der Waals surface area contributed by atoms with E-state index in [1.807, 2.05) is 6.07 Å². The quantitative estimate of drug-likeness (QED) is 0.844. The second kappa shape index (κ2) is 6.89. The third-order valence-corrected chi connectivity index (χ3v) is 3.15. The summed E-state index contributed by atoms with van der Waals surface area (Å²) in [4.78, 5) is 2.17. The van der Waals surface area contributed by atoms with E-state index in [-0.39, 0.29) is 12.4 Å². The molecule has 0 unspecified atom stereocenters. The molecule has 2 N–H and O–H groups in total. The van der Waals surface area contributed by atoms with Crippen LogP contribution in [0.25, 0.3) is 0 Å². The van der Waals surface area contributed by atoms with Crippen molar-refractivity contribution in [2.45, 2.75) is 19.9 Å². The van der Waals surface area contributed by atoms with Crippen LogP contribution in [0.15, 0.2) is 22.7 Å². The average molecular weight is 288 g/mol. The van der Waals surface area contributed by atoms with Gasteiger partial charge in [0.25, 0.3) is 0 Å². The fourth-order valence-corrected chi connectivity index (χ4v) is 2.02. The van der Waals surface area contributed by atoms with Gasteiger partial charge in [0.05, 0.1) is 6.61 Å². The van der Waals surface area contributed by atoms with Crippen LogP contribution < -0.4 is 0 Å². The zero-order valence-electron chi connectivity index (χ0n) is 9.49. The number of aliphatic hydroxyl groups excluding tert-OH is 1. The molecule has 0 saturated carbocycles. The SMILES string of the molecule is CCCN(CCO)Cc1cc(O)ccc1Br. The van der Waals surface area contributed by atoms with Gasteiger partial charge in [0.1, 0.15) is 5.75 Å². The number of benzene rings is 1. The number of aliphatic hydroxyl groups is 1. The molecule has 0 radical (unpaired) electrons. The van der Waals surface area contributed by atoms with Gasteiger partial charge < -0.3 is 10.2 Å². The first-order valence-corrected chi connectivity index (χ1v) is 6.27. The van der Waals surface area contributed by atoms with Crippen molar-refractivity contribution in [3.8, 4) is 5.75 Å². The molecule has 0 atom stereocenters. The lowest BCUT2D eigenvalue weighted by molar-refractivity contribution is 0.190. The van der Waals surface area contributed by atoms with E-state index in [0.29, 0.717) is 6.54 Å². The Bertz CT molecular complexity index is 325. The first-order valence-electron chi connectivity index (χ1n) is 5.48. The molecule has 4 heteroatoms. The van der Waals surface area contributed by atoms with Crippen molar-refractivity contribution in [2.75, 3.05) is 19.7 Å². The summed E-state index contributed by atoms with van der Waals surface area (Å²) in [5.41, 5.74) is 1.04. The third kappa shape index (κ3) is 4.12. The van der Waals surface area contributed by atoms with Crippen molar-refractivity contribution in [2.24, 2.45) is 0 Å². The number of nitrogens with zero attached hydrogens (tertiary/aromatic N) is 1. The second-order valence-electron chi connectivity index (χ2n) is 3.78. The molecule has 0 aromatic heterocycles.